The lowest BCUT2D eigenvalue weighted by Crippen LogP contribution is -2.24. The van der Waals surface area contributed by atoms with Crippen molar-refractivity contribution in [2.24, 2.45) is 0 Å². The zero-order valence-electron chi connectivity index (χ0n) is 7.29. The molecule has 0 spiro atoms. The maximum absolute atomic E-state index is 9.49. The average Bonchev–Trinajstić information content (AvgIpc) is 2.03. The summed E-state index contributed by atoms with van der Waals surface area (Å²) in [6.45, 7) is 1.51. The van der Waals surface area contributed by atoms with Crippen LogP contribution in [0.3, 0.4) is 0 Å². The second-order valence-corrected chi connectivity index (χ2v) is 4.11. The second kappa shape index (κ2) is 3.91. The van der Waals surface area contributed by atoms with Crippen LogP contribution >= 0.6 is 15.9 Å². The molecule has 1 aromatic rings. The first-order chi connectivity index (χ1) is 6.03. The summed E-state index contributed by atoms with van der Waals surface area (Å²) < 4.78 is 0.957. The number of halogens is 1. The van der Waals surface area contributed by atoms with E-state index in [2.05, 4.69) is 15.9 Å². The Balaban J connectivity index is 2.82. The molecule has 0 saturated heterocycles. The van der Waals surface area contributed by atoms with Crippen LogP contribution in [0.5, 0.6) is 0 Å². The normalized spacial score (nSPS) is 14.6. The fourth-order valence-corrected chi connectivity index (χ4v) is 1.53. The molecule has 0 aromatic heterocycles. The van der Waals surface area contributed by atoms with E-state index in [-0.39, 0.29) is 0 Å². The van der Waals surface area contributed by atoms with Gasteiger partial charge in [-0.1, -0.05) is 28.1 Å². The van der Waals surface area contributed by atoms with Crippen molar-refractivity contribution in [3.8, 4) is 6.07 Å². The van der Waals surface area contributed by atoms with Crippen LogP contribution in [-0.2, 0) is 6.42 Å². The number of nitrogens with zero attached hydrogens (tertiary/aromatic N) is 1. The molecule has 0 aliphatic carbocycles. The third kappa shape index (κ3) is 3.17. The molecular weight excluding hydrogens is 230 g/mol. The SMILES string of the molecule is C[C@@](O)(C#N)Cc1cccc(Br)c1. The van der Waals surface area contributed by atoms with E-state index in [1.54, 1.807) is 0 Å². The maximum atomic E-state index is 9.49. The van der Waals surface area contributed by atoms with Gasteiger partial charge in [0.1, 0.15) is 0 Å². The summed E-state index contributed by atoms with van der Waals surface area (Å²) in [5, 5.41) is 18.1. The highest BCUT2D eigenvalue weighted by atomic mass is 79.9. The molecule has 0 amide bonds. The van der Waals surface area contributed by atoms with Crippen LogP contribution in [0.2, 0.25) is 0 Å². The van der Waals surface area contributed by atoms with Crippen LogP contribution in [0.1, 0.15) is 12.5 Å². The predicted molar refractivity (Wildman–Crippen MR) is 54.1 cm³/mol. The average molecular weight is 240 g/mol. The van der Waals surface area contributed by atoms with Crippen molar-refractivity contribution in [1.29, 1.82) is 5.26 Å². The van der Waals surface area contributed by atoms with Crippen LogP contribution in [0.15, 0.2) is 28.7 Å². The second-order valence-electron chi connectivity index (χ2n) is 3.19. The van der Waals surface area contributed by atoms with E-state index >= 15 is 0 Å². The number of rotatable bonds is 2. The minimum atomic E-state index is -1.28. The Labute approximate surface area is 85.9 Å². The number of benzene rings is 1. The van der Waals surface area contributed by atoms with Crippen molar-refractivity contribution in [3.63, 3.8) is 0 Å². The van der Waals surface area contributed by atoms with Crippen LogP contribution < -0.4 is 0 Å². The van der Waals surface area contributed by atoms with Gasteiger partial charge in [0, 0.05) is 10.9 Å². The van der Waals surface area contributed by atoms with Gasteiger partial charge in [-0.05, 0) is 24.6 Å². The van der Waals surface area contributed by atoms with E-state index in [4.69, 9.17) is 5.26 Å². The Hall–Kier alpha value is -0.850. The first-order valence-electron chi connectivity index (χ1n) is 3.91. The van der Waals surface area contributed by atoms with Crippen molar-refractivity contribution in [3.05, 3.63) is 34.3 Å². The maximum Gasteiger partial charge on any atom is 0.152 e. The van der Waals surface area contributed by atoms with Gasteiger partial charge in [0.25, 0.3) is 0 Å². The molecule has 0 fully saturated rings. The molecule has 1 N–H and O–H groups in total. The number of nitriles is 1. The molecule has 1 atom stereocenters. The summed E-state index contributed by atoms with van der Waals surface area (Å²) in [6, 6.07) is 9.42. The Morgan fingerprint density at radius 3 is 2.85 bits per heavy atom. The summed E-state index contributed by atoms with van der Waals surface area (Å²) in [4.78, 5) is 0. The Kier molecular flexibility index (Phi) is 3.07. The highest BCUT2D eigenvalue weighted by Gasteiger charge is 2.19. The Morgan fingerprint density at radius 2 is 2.31 bits per heavy atom. The summed E-state index contributed by atoms with van der Waals surface area (Å²) in [5.74, 6) is 0. The highest BCUT2D eigenvalue weighted by Crippen LogP contribution is 2.16. The van der Waals surface area contributed by atoms with Crippen LogP contribution in [0.4, 0.5) is 0 Å². The van der Waals surface area contributed by atoms with E-state index in [1.807, 2.05) is 30.3 Å². The van der Waals surface area contributed by atoms with Gasteiger partial charge in [-0.3, -0.25) is 0 Å². The topological polar surface area (TPSA) is 44.0 Å². The van der Waals surface area contributed by atoms with Gasteiger partial charge in [0.15, 0.2) is 5.60 Å². The first-order valence-corrected chi connectivity index (χ1v) is 4.71. The van der Waals surface area contributed by atoms with Gasteiger partial charge in [-0.2, -0.15) is 5.26 Å². The quantitative estimate of drug-likeness (QED) is 0.806. The molecule has 0 aliphatic heterocycles. The standard InChI is InChI=1S/C10H10BrNO/c1-10(13,7-12)6-8-3-2-4-9(11)5-8/h2-5,13H,6H2,1H3/t10-/m0/s1. The third-order valence-corrected chi connectivity index (χ3v) is 2.17. The Bertz CT molecular complexity index is 341. The summed E-state index contributed by atoms with van der Waals surface area (Å²) in [7, 11) is 0. The molecule has 1 aromatic carbocycles. The largest absolute Gasteiger partial charge is 0.375 e. The molecule has 0 bridgehead atoms. The number of hydrogen-bond donors (Lipinski definition) is 1. The van der Waals surface area contributed by atoms with Gasteiger partial charge >= 0.3 is 0 Å². The highest BCUT2D eigenvalue weighted by molar-refractivity contribution is 9.10. The molecule has 0 radical (unpaired) electrons. The van der Waals surface area contributed by atoms with Crippen LogP contribution in [0, 0.1) is 11.3 Å². The van der Waals surface area contributed by atoms with Gasteiger partial charge < -0.3 is 5.11 Å². The van der Waals surface area contributed by atoms with Gasteiger partial charge in [-0.25, -0.2) is 0 Å². The smallest absolute Gasteiger partial charge is 0.152 e. The molecular formula is C10H10BrNO. The fourth-order valence-electron chi connectivity index (χ4n) is 1.08. The van der Waals surface area contributed by atoms with Crippen molar-refractivity contribution in [2.45, 2.75) is 18.9 Å². The van der Waals surface area contributed by atoms with Crippen LogP contribution in [-0.4, -0.2) is 10.7 Å². The van der Waals surface area contributed by atoms with Gasteiger partial charge in [0.05, 0.1) is 6.07 Å². The fraction of sp³-hybridized carbons (Fsp3) is 0.300. The zero-order valence-corrected chi connectivity index (χ0v) is 8.87. The Morgan fingerprint density at radius 1 is 1.62 bits per heavy atom. The molecule has 0 unspecified atom stereocenters. The predicted octanol–water partition coefficient (Wildman–Crippen LogP) is 2.27. The molecule has 3 heteroatoms. The summed E-state index contributed by atoms with van der Waals surface area (Å²) in [6.07, 6.45) is 0.350. The summed E-state index contributed by atoms with van der Waals surface area (Å²) in [5.41, 5.74) is -0.332. The molecule has 2 nitrogen and oxygen atoms in total. The molecule has 1 rings (SSSR count). The summed E-state index contributed by atoms with van der Waals surface area (Å²) >= 11 is 3.33. The van der Waals surface area contributed by atoms with E-state index in [9.17, 15) is 5.11 Å². The molecule has 0 heterocycles. The van der Waals surface area contributed by atoms with E-state index in [0.29, 0.717) is 6.42 Å². The third-order valence-electron chi connectivity index (χ3n) is 1.68. The van der Waals surface area contributed by atoms with Crippen molar-refractivity contribution >= 4 is 15.9 Å². The van der Waals surface area contributed by atoms with E-state index < -0.39 is 5.60 Å². The lowest BCUT2D eigenvalue weighted by Gasteiger charge is -2.13. The molecule has 13 heavy (non-hydrogen) atoms. The first kappa shape index (κ1) is 10.2. The van der Waals surface area contributed by atoms with Crippen molar-refractivity contribution in [2.75, 3.05) is 0 Å². The van der Waals surface area contributed by atoms with Gasteiger partial charge in [0.2, 0.25) is 0 Å². The van der Waals surface area contributed by atoms with Crippen molar-refractivity contribution in [1.82, 2.24) is 0 Å². The number of hydrogen-bond acceptors (Lipinski definition) is 2. The van der Waals surface area contributed by atoms with Gasteiger partial charge in [-0.15, -0.1) is 0 Å². The molecule has 0 saturated carbocycles. The number of aliphatic hydroxyl groups is 1. The van der Waals surface area contributed by atoms with E-state index in [0.717, 1.165) is 10.0 Å². The molecule has 68 valence electrons. The van der Waals surface area contributed by atoms with Crippen molar-refractivity contribution < 1.29 is 5.11 Å². The monoisotopic (exact) mass is 239 g/mol. The van der Waals surface area contributed by atoms with E-state index in [1.165, 1.54) is 6.92 Å². The lowest BCUT2D eigenvalue weighted by molar-refractivity contribution is 0.120. The zero-order chi connectivity index (χ0) is 9.90. The molecule has 0 aliphatic rings. The minimum absolute atomic E-state index is 0.350. The lowest BCUT2D eigenvalue weighted by atomic mass is 9.98. The van der Waals surface area contributed by atoms with Crippen LogP contribution in [0.25, 0.3) is 0 Å². The minimum Gasteiger partial charge on any atom is -0.375 e.